The zero-order valence-corrected chi connectivity index (χ0v) is 7.96. The van der Waals surface area contributed by atoms with Crippen LogP contribution in [0.1, 0.15) is 6.42 Å². The molecule has 0 saturated carbocycles. The molecular weight excluding hydrogens is 190 g/mol. The van der Waals surface area contributed by atoms with E-state index in [-0.39, 0.29) is 5.75 Å². The van der Waals surface area contributed by atoms with Gasteiger partial charge < -0.3 is 10.4 Å². The summed E-state index contributed by atoms with van der Waals surface area (Å²) in [6.45, 7) is 2.86. The molecule has 2 N–H and O–H groups in total. The highest BCUT2D eigenvalue weighted by Gasteiger charge is 2.17. The van der Waals surface area contributed by atoms with Crippen LogP contribution >= 0.6 is 11.6 Å². The second-order valence-corrected chi connectivity index (χ2v) is 3.72. The van der Waals surface area contributed by atoms with E-state index in [1.807, 2.05) is 0 Å². The summed E-state index contributed by atoms with van der Waals surface area (Å²) in [5, 5.41) is 16.8. The molecule has 1 aromatic rings. The van der Waals surface area contributed by atoms with Crippen molar-refractivity contribution in [2.45, 2.75) is 13.0 Å². The van der Waals surface area contributed by atoms with Gasteiger partial charge in [-0.15, -0.1) is 0 Å². The third kappa shape index (κ3) is 1.78. The van der Waals surface area contributed by atoms with Crippen molar-refractivity contribution >= 4 is 11.6 Å². The summed E-state index contributed by atoms with van der Waals surface area (Å²) in [4.78, 5) is 0. The fourth-order valence-electron chi connectivity index (χ4n) is 1.60. The Bertz CT molecular complexity index is 294. The largest absolute Gasteiger partial charge is 0.504 e. The molecule has 1 aliphatic heterocycles. The molecule has 0 radical (unpaired) electrons. The molecule has 5 heteroatoms. The Morgan fingerprint density at radius 2 is 2.62 bits per heavy atom. The van der Waals surface area contributed by atoms with Gasteiger partial charge in [-0.1, -0.05) is 11.6 Å². The highest BCUT2D eigenvalue weighted by Crippen LogP contribution is 2.23. The zero-order valence-electron chi connectivity index (χ0n) is 7.20. The van der Waals surface area contributed by atoms with Gasteiger partial charge in [-0.05, 0) is 25.4 Å². The maximum Gasteiger partial charge on any atom is 0.172 e. The normalized spacial score (nSPS) is 22.4. The molecule has 0 aliphatic carbocycles. The van der Waals surface area contributed by atoms with Crippen molar-refractivity contribution in [3.63, 3.8) is 0 Å². The number of aromatic hydroxyl groups is 1. The molecule has 1 fully saturated rings. The first-order valence-corrected chi connectivity index (χ1v) is 4.76. The molecular formula is C8H12ClN3O. The van der Waals surface area contributed by atoms with E-state index >= 15 is 0 Å². The maximum absolute atomic E-state index is 9.18. The quantitative estimate of drug-likeness (QED) is 0.746. The predicted molar refractivity (Wildman–Crippen MR) is 49.9 cm³/mol. The van der Waals surface area contributed by atoms with Crippen molar-refractivity contribution in [3.05, 3.63) is 11.3 Å². The topological polar surface area (TPSA) is 50.1 Å². The fourth-order valence-corrected chi connectivity index (χ4v) is 1.76. The van der Waals surface area contributed by atoms with Gasteiger partial charge in [0.2, 0.25) is 0 Å². The molecule has 0 spiro atoms. The summed E-state index contributed by atoms with van der Waals surface area (Å²) in [5.74, 6) is 0.643. The van der Waals surface area contributed by atoms with Crippen molar-refractivity contribution < 1.29 is 5.11 Å². The smallest absolute Gasteiger partial charge is 0.172 e. The van der Waals surface area contributed by atoms with Gasteiger partial charge in [0.25, 0.3) is 0 Å². The molecule has 0 bridgehead atoms. The van der Waals surface area contributed by atoms with Crippen molar-refractivity contribution in [1.29, 1.82) is 0 Å². The minimum absolute atomic E-state index is 0.0626. The van der Waals surface area contributed by atoms with Gasteiger partial charge in [-0.3, -0.25) is 4.68 Å². The van der Waals surface area contributed by atoms with Crippen molar-refractivity contribution in [2.24, 2.45) is 5.92 Å². The van der Waals surface area contributed by atoms with E-state index in [1.54, 1.807) is 4.68 Å². The number of rotatable bonds is 2. The molecule has 13 heavy (non-hydrogen) atoms. The van der Waals surface area contributed by atoms with Gasteiger partial charge in [0.1, 0.15) is 0 Å². The van der Waals surface area contributed by atoms with E-state index in [0.717, 1.165) is 26.1 Å². The van der Waals surface area contributed by atoms with Gasteiger partial charge >= 0.3 is 0 Å². The summed E-state index contributed by atoms with van der Waals surface area (Å²) < 4.78 is 1.65. The molecule has 0 amide bonds. The van der Waals surface area contributed by atoms with E-state index in [1.165, 1.54) is 6.20 Å². The summed E-state index contributed by atoms with van der Waals surface area (Å²) in [6, 6.07) is 0. The van der Waals surface area contributed by atoms with Crippen LogP contribution in [0.4, 0.5) is 0 Å². The predicted octanol–water partition coefficient (Wildman–Crippen LogP) is 0.852. The van der Waals surface area contributed by atoms with Gasteiger partial charge in [0.15, 0.2) is 10.9 Å². The average Bonchev–Trinajstić information content (AvgIpc) is 2.71. The Balaban J connectivity index is 2.04. The lowest BCUT2D eigenvalue weighted by Crippen LogP contribution is -2.15. The number of nitrogens with one attached hydrogen (secondary N) is 1. The summed E-state index contributed by atoms with van der Waals surface area (Å²) in [5.41, 5.74) is 0. The molecule has 1 unspecified atom stereocenters. The van der Waals surface area contributed by atoms with Crippen molar-refractivity contribution in [3.8, 4) is 5.75 Å². The minimum atomic E-state index is 0.0626. The first-order chi connectivity index (χ1) is 6.27. The van der Waals surface area contributed by atoms with Crippen LogP contribution in [0.2, 0.25) is 5.15 Å². The van der Waals surface area contributed by atoms with Crippen LogP contribution in [0.3, 0.4) is 0 Å². The lowest BCUT2D eigenvalue weighted by atomic mass is 10.1. The van der Waals surface area contributed by atoms with E-state index < -0.39 is 0 Å². The number of aromatic nitrogens is 2. The molecule has 2 rings (SSSR count). The average molecular weight is 202 g/mol. The molecule has 1 atom stereocenters. The van der Waals surface area contributed by atoms with Crippen molar-refractivity contribution in [2.75, 3.05) is 13.1 Å². The van der Waals surface area contributed by atoms with Gasteiger partial charge in [-0.25, -0.2) is 0 Å². The second kappa shape index (κ2) is 3.55. The lowest BCUT2D eigenvalue weighted by molar-refractivity contribution is 0.443. The molecule has 72 valence electrons. The van der Waals surface area contributed by atoms with Gasteiger partial charge in [-0.2, -0.15) is 5.10 Å². The monoisotopic (exact) mass is 201 g/mol. The number of hydrogen-bond acceptors (Lipinski definition) is 3. The SMILES string of the molecule is Oc1cnn(CC2CCNC2)c1Cl. The van der Waals surface area contributed by atoms with Crippen LogP contribution in [-0.4, -0.2) is 28.0 Å². The van der Waals surface area contributed by atoms with Crippen LogP contribution in [0.5, 0.6) is 5.75 Å². The standard InChI is InChI=1S/C8H12ClN3O/c9-8-7(13)4-11-12(8)5-6-1-2-10-3-6/h4,6,10,13H,1-3,5H2. The first kappa shape index (κ1) is 8.84. The Morgan fingerprint density at radius 1 is 1.77 bits per heavy atom. The molecule has 1 aliphatic rings. The number of nitrogens with zero attached hydrogens (tertiary/aromatic N) is 2. The Kier molecular flexibility index (Phi) is 2.42. The summed E-state index contributed by atoms with van der Waals surface area (Å²) in [6.07, 6.45) is 2.53. The molecule has 2 heterocycles. The highest BCUT2D eigenvalue weighted by molar-refractivity contribution is 6.30. The van der Waals surface area contributed by atoms with E-state index in [2.05, 4.69) is 10.4 Å². The van der Waals surface area contributed by atoms with E-state index in [0.29, 0.717) is 11.1 Å². The first-order valence-electron chi connectivity index (χ1n) is 4.38. The molecule has 1 saturated heterocycles. The third-order valence-electron chi connectivity index (χ3n) is 2.35. The highest BCUT2D eigenvalue weighted by atomic mass is 35.5. The lowest BCUT2D eigenvalue weighted by Gasteiger charge is -2.08. The number of hydrogen-bond donors (Lipinski definition) is 2. The van der Waals surface area contributed by atoms with Crippen LogP contribution < -0.4 is 5.32 Å². The molecule has 1 aromatic heterocycles. The Labute approximate surface area is 81.5 Å². The van der Waals surface area contributed by atoms with E-state index in [4.69, 9.17) is 11.6 Å². The summed E-state index contributed by atoms with van der Waals surface area (Å²) in [7, 11) is 0. The Hall–Kier alpha value is -0.740. The minimum Gasteiger partial charge on any atom is -0.504 e. The van der Waals surface area contributed by atoms with Crippen LogP contribution in [0.25, 0.3) is 0 Å². The van der Waals surface area contributed by atoms with Crippen LogP contribution in [0.15, 0.2) is 6.20 Å². The number of halogens is 1. The maximum atomic E-state index is 9.18. The zero-order chi connectivity index (χ0) is 9.26. The van der Waals surface area contributed by atoms with Gasteiger partial charge in [0.05, 0.1) is 6.20 Å². The second-order valence-electron chi connectivity index (χ2n) is 3.36. The molecule has 4 nitrogen and oxygen atoms in total. The van der Waals surface area contributed by atoms with Crippen LogP contribution in [-0.2, 0) is 6.54 Å². The van der Waals surface area contributed by atoms with Gasteiger partial charge in [0, 0.05) is 6.54 Å². The van der Waals surface area contributed by atoms with Crippen molar-refractivity contribution in [1.82, 2.24) is 15.1 Å². The Morgan fingerprint density at radius 3 is 3.15 bits per heavy atom. The summed E-state index contributed by atoms with van der Waals surface area (Å²) >= 11 is 5.82. The fraction of sp³-hybridized carbons (Fsp3) is 0.625. The van der Waals surface area contributed by atoms with E-state index in [9.17, 15) is 5.11 Å². The third-order valence-corrected chi connectivity index (χ3v) is 2.74. The molecule has 0 aromatic carbocycles. The van der Waals surface area contributed by atoms with Crippen LogP contribution in [0, 0.1) is 5.92 Å².